The molecule has 0 amide bonds. The maximum Gasteiger partial charge on any atom is 0.338 e. The maximum absolute atomic E-state index is 13.4. The molecule has 0 aliphatic carbocycles. The molecule has 0 unspecified atom stereocenters. The van der Waals surface area contributed by atoms with E-state index in [9.17, 15) is 26.0 Å². The standard InChI is InChI=1S/C16H15FN4O6S2/c17-15-2-1-13(10-14(15)16(22)23)29(26,27)19-6-8-28(24,25)20-11-4-7-21-12(9-11)3-5-18-21/h1-5,7,9-10,19-20H,6,8H2,(H,22,23). The van der Waals surface area contributed by atoms with E-state index >= 15 is 0 Å². The summed E-state index contributed by atoms with van der Waals surface area (Å²) in [5.74, 6) is -3.29. The van der Waals surface area contributed by atoms with E-state index in [0.29, 0.717) is 17.6 Å². The van der Waals surface area contributed by atoms with E-state index in [-0.39, 0.29) is 5.69 Å². The van der Waals surface area contributed by atoms with Crippen LogP contribution in [0.2, 0.25) is 0 Å². The minimum Gasteiger partial charge on any atom is -0.478 e. The van der Waals surface area contributed by atoms with Crippen LogP contribution in [0.25, 0.3) is 5.52 Å². The second kappa shape index (κ2) is 7.77. The van der Waals surface area contributed by atoms with Gasteiger partial charge in [-0.1, -0.05) is 0 Å². The van der Waals surface area contributed by atoms with Crippen molar-refractivity contribution in [2.24, 2.45) is 0 Å². The number of carboxylic acids is 1. The average Bonchev–Trinajstić information content (AvgIpc) is 3.08. The summed E-state index contributed by atoms with van der Waals surface area (Å²) in [7, 11) is -8.11. The van der Waals surface area contributed by atoms with Gasteiger partial charge in [-0.25, -0.2) is 35.3 Å². The molecule has 29 heavy (non-hydrogen) atoms. The van der Waals surface area contributed by atoms with Crippen molar-refractivity contribution >= 4 is 37.2 Å². The lowest BCUT2D eigenvalue weighted by atomic mass is 10.2. The smallest absolute Gasteiger partial charge is 0.338 e. The zero-order valence-corrected chi connectivity index (χ0v) is 16.2. The zero-order chi connectivity index (χ0) is 21.2. The number of nitrogens with one attached hydrogen (secondary N) is 2. The molecule has 3 aromatic rings. The molecule has 0 atom stereocenters. The molecule has 13 heteroatoms. The predicted molar refractivity (Wildman–Crippen MR) is 101 cm³/mol. The van der Waals surface area contributed by atoms with Gasteiger partial charge in [0.1, 0.15) is 5.82 Å². The van der Waals surface area contributed by atoms with Gasteiger partial charge in [0, 0.05) is 18.9 Å². The highest BCUT2D eigenvalue weighted by Gasteiger charge is 2.20. The Kier molecular flexibility index (Phi) is 5.55. The molecule has 0 radical (unpaired) electrons. The Labute approximate surface area is 165 Å². The van der Waals surface area contributed by atoms with Crippen molar-refractivity contribution in [3.05, 3.63) is 60.2 Å². The second-order valence-electron chi connectivity index (χ2n) is 5.88. The Hall–Kier alpha value is -3.03. The molecule has 2 heterocycles. The first kappa shape index (κ1) is 20.7. The van der Waals surface area contributed by atoms with Crippen molar-refractivity contribution in [1.82, 2.24) is 14.3 Å². The summed E-state index contributed by atoms with van der Waals surface area (Å²) in [5.41, 5.74) is 0.138. The van der Waals surface area contributed by atoms with Crippen molar-refractivity contribution in [2.75, 3.05) is 17.0 Å². The van der Waals surface area contributed by atoms with E-state index in [1.165, 1.54) is 6.07 Å². The maximum atomic E-state index is 13.4. The minimum atomic E-state index is -4.23. The summed E-state index contributed by atoms with van der Waals surface area (Å²) in [6.07, 6.45) is 3.11. The fraction of sp³-hybridized carbons (Fsp3) is 0.125. The lowest BCUT2D eigenvalue weighted by molar-refractivity contribution is 0.0691. The van der Waals surface area contributed by atoms with Gasteiger partial charge in [-0.05, 0) is 36.4 Å². The highest BCUT2D eigenvalue weighted by Crippen LogP contribution is 2.16. The van der Waals surface area contributed by atoms with Gasteiger partial charge < -0.3 is 5.11 Å². The molecular formula is C16H15FN4O6S2. The largest absolute Gasteiger partial charge is 0.478 e. The normalized spacial score (nSPS) is 12.2. The van der Waals surface area contributed by atoms with Crippen LogP contribution >= 0.6 is 0 Å². The fourth-order valence-corrected chi connectivity index (χ4v) is 4.59. The van der Waals surface area contributed by atoms with Gasteiger partial charge in [0.25, 0.3) is 0 Å². The topological polar surface area (TPSA) is 147 Å². The summed E-state index contributed by atoms with van der Waals surface area (Å²) >= 11 is 0. The van der Waals surface area contributed by atoms with Gasteiger partial charge in [-0.3, -0.25) is 4.72 Å². The minimum absolute atomic E-state index is 0.283. The molecule has 1 aromatic carbocycles. The summed E-state index contributed by atoms with van der Waals surface area (Å²) in [5, 5.41) is 12.9. The number of carbonyl (C=O) groups is 1. The van der Waals surface area contributed by atoms with Gasteiger partial charge in [0.05, 0.1) is 27.4 Å². The Morgan fingerprint density at radius 1 is 1.14 bits per heavy atom. The number of anilines is 1. The lowest BCUT2D eigenvalue weighted by Crippen LogP contribution is -2.31. The first-order valence-corrected chi connectivity index (χ1v) is 11.2. The third-order valence-corrected chi connectivity index (χ3v) is 6.56. The quantitative estimate of drug-likeness (QED) is 0.469. The lowest BCUT2D eigenvalue weighted by Gasteiger charge is -2.10. The van der Waals surface area contributed by atoms with E-state index in [1.807, 2.05) is 0 Å². The zero-order valence-electron chi connectivity index (χ0n) is 14.6. The monoisotopic (exact) mass is 442 g/mol. The number of aromatic nitrogens is 2. The summed E-state index contributed by atoms with van der Waals surface area (Å²) < 4.78 is 68.2. The Balaban J connectivity index is 1.66. The van der Waals surface area contributed by atoms with E-state index in [1.54, 1.807) is 29.0 Å². The van der Waals surface area contributed by atoms with E-state index < -0.39 is 54.6 Å². The summed E-state index contributed by atoms with van der Waals surface area (Å²) in [4.78, 5) is 10.4. The molecule has 0 bridgehead atoms. The molecule has 0 spiro atoms. The third kappa shape index (κ3) is 4.88. The van der Waals surface area contributed by atoms with Gasteiger partial charge in [0.2, 0.25) is 20.0 Å². The number of hydrogen-bond acceptors (Lipinski definition) is 6. The first-order chi connectivity index (χ1) is 13.6. The van der Waals surface area contributed by atoms with Crippen molar-refractivity contribution in [3.63, 3.8) is 0 Å². The third-order valence-electron chi connectivity index (χ3n) is 3.81. The van der Waals surface area contributed by atoms with E-state index in [0.717, 1.165) is 6.07 Å². The molecule has 154 valence electrons. The fourth-order valence-electron chi connectivity index (χ4n) is 2.44. The van der Waals surface area contributed by atoms with Crippen LogP contribution in [0, 0.1) is 5.82 Å². The van der Waals surface area contributed by atoms with Gasteiger partial charge in [-0.15, -0.1) is 0 Å². The van der Waals surface area contributed by atoms with Gasteiger partial charge in [-0.2, -0.15) is 5.10 Å². The van der Waals surface area contributed by atoms with Crippen molar-refractivity contribution < 1.29 is 31.1 Å². The number of nitrogens with zero attached hydrogens (tertiary/aromatic N) is 2. The van der Waals surface area contributed by atoms with Gasteiger partial charge >= 0.3 is 5.97 Å². The number of benzene rings is 1. The number of carboxylic acid groups (broad SMARTS) is 1. The molecule has 0 saturated heterocycles. The Morgan fingerprint density at radius 3 is 2.62 bits per heavy atom. The summed E-state index contributed by atoms with van der Waals surface area (Å²) in [6, 6.07) is 6.99. The van der Waals surface area contributed by atoms with Crippen molar-refractivity contribution in [1.29, 1.82) is 0 Å². The van der Waals surface area contributed by atoms with Crippen LogP contribution in [-0.4, -0.2) is 49.8 Å². The molecule has 10 nitrogen and oxygen atoms in total. The van der Waals surface area contributed by atoms with Crippen molar-refractivity contribution in [2.45, 2.75) is 4.90 Å². The molecule has 3 rings (SSSR count). The number of aromatic carboxylic acids is 1. The number of hydrogen-bond donors (Lipinski definition) is 3. The van der Waals surface area contributed by atoms with E-state index in [2.05, 4.69) is 14.5 Å². The Morgan fingerprint density at radius 2 is 1.90 bits per heavy atom. The van der Waals surface area contributed by atoms with Crippen LogP contribution in [0.1, 0.15) is 10.4 Å². The van der Waals surface area contributed by atoms with Crippen molar-refractivity contribution in [3.8, 4) is 0 Å². The van der Waals surface area contributed by atoms with Crippen LogP contribution in [-0.2, 0) is 20.0 Å². The van der Waals surface area contributed by atoms with Crippen LogP contribution in [0.5, 0.6) is 0 Å². The van der Waals surface area contributed by atoms with E-state index in [4.69, 9.17) is 5.11 Å². The first-order valence-electron chi connectivity index (χ1n) is 8.04. The number of fused-ring (bicyclic) bond motifs is 1. The molecular weight excluding hydrogens is 427 g/mol. The number of sulfonamides is 2. The molecule has 0 aliphatic rings. The average molecular weight is 442 g/mol. The molecule has 3 N–H and O–H groups in total. The highest BCUT2D eigenvalue weighted by molar-refractivity contribution is 7.92. The molecule has 2 aromatic heterocycles. The SMILES string of the molecule is O=C(O)c1cc(S(=O)(=O)NCCS(=O)(=O)Nc2ccn3nccc3c2)ccc1F. The summed E-state index contributed by atoms with van der Waals surface area (Å²) in [6.45, 7) is -0.480. The molecule has 0 saturated carbocycles. The van der Waals surface area contributed by atoms with Crippen LogP contribution in [0.15, 0.2) is 53.7 Å². The number of rotatable bonds is 8. The predicted octanol–water partition coefficient (Wildman–Crippen LogP) is 0.892. The molecule has 0 aliphatic heterocycles. The van der Waals surface area contributed by atoms with Crippen LogP contribution < -0.4 is 9.44 Å². The second-order valence-corrected chi connectivity index (χ2v) is 9.49. The molecule has 0 fully saturated rings. The Bertz CT molecular complexity index is 1290. The number of halogens is 1. The number of pyridine rings is 1. The highest BCUT2D eigenvalue weighted by atomic mass is 32.2. The van der Waals surface area contributed by atoms with Gasteiger partial charge in [0.15, 0.2) is 0 Å². The van der Waals surface area contributed by atoms with Crippen LogP contribution in [0.4, 0.5) is 10.1 Å². The van der Waals surface area contributed by atoms with Crippen LogP contribution in [0.3, 0.4) is 0 Å².